The van der Waals surface area contributed by atoms with Crippen molar-refractivity contribution in [1.82, 2.24) is 15.6 Å². The van der Waals surface area contributed by atoms with E-state index in [9.17, 15) is 8.42 Å². The molecule has 1 heterocycles. The summed E-state index contributed by atoms with van der Waals surface area (Å²) >= 11 is 0. The summed E-state index contributed by atoms with van der Waals surface area (Å²) in [6.07, 6.45) is 3.67. The van der Waals surface area contributed by atoms with Crippen molar-refractivity contribution in [3.63, 3.8) is 0 Å². The molecule has 3 rings (SSSR count). The van der Waals surface area contributed by atoms with Crippen molar-refractivity contribution in [2.75, 3.05) is 19.3 Å². The topological polar surface area (TPSA) is 96.6 Å². The van der Waals surface area contributed by atoms with Gasteiger partial charge in [-0.3, -0.25) is 0 Å². The third-order valence-corrected chi connectivity index (χ3v) is 5.79. The molecule has 0 saturated carbocycles. The molecule has 0 fully saturated rings. The van der Waals surface area contributed by atoms with Gasteiger partial charge in [0.2, 0.25) is 5.89 Å². The maximum Gasteiger partial charge on any atom is 0.216 e. The fraction of sp³-hybridized carbons (Fsp3) is 0.304. The number of sulfone groups is 1. The number of nitrogens with zero attached hydrogens (tertiary/aromatic N) is 2. The first-order chi connectivity index (χ1) is 14.8. The first-order valence-corrected chi connectivity index (χ1v) is 12.1. The van der Waals surface area contributed by atoms with Crippen LogP contribution in [0.4, 0.5) is 0 Å². The second kappa shape index (κ2) is 10.3. The molecule has 0 spiro atoms. The Balaban J connectivity index is 1.56. The summed E-state index contributed by atoms with van der Waals surface area (Å²) < 4.78 is 28.9. The van der Waals surface area contributed by atoms with Crippen molar-refractivity contribution in [1.29, 1.82) is 0 Å². The van der Waals surface area contributed by atoms with Crippen LogP contribution in [0, 0.1) is 6.92 Å². The van der Waals surface area contributed by atoms with Gasteiger partial charge in [-0.1, -0.05) is 42.0 Å². The second-order valence-corrected chi connectivity index (χ2v) is 9.29. The number of guanidine groups is 1. The smallest absolute Gasteiger partial charge is 0.216 e. The molecule has 164 valence electrons. The summed E-state index contributed by atoms with van der Waals surface area (Å²) in [6.45, 7) is 5.76. The van der Waals surface area contributed by atoms with Gasteiger partial charge in [0, 0.05) is 24.9 Å². The molecule has 0 bridgehead atoms. The van der Waals surface area contributed by atoms with Gasteiger partial charge in [0.15, 0.2) is 21.6 Å². The number of nitrogens with one attached hydrogen (secondary N) is 2. The highest BCUT2D eigenvalue weighted by Gasteiger charge is 2.08. The van der Waals surface area contributed by atoms with E-state index in [1.165, 1.54) is 11.8 Å². The predicted molar refractivity (Wildman–Crippen MR) is 123 cm³/mol. The van der Waals surface area contributed by atoms with Crippen LogP contribution in [0.25, 0.3) is 11.3 Å². The van der Waals surface area contributed by atoms with E-state index in [1.54, 1.807) is 18.3 Å². The number of oxazole rings is 1. The molecule has 0 aliphatic heterocycles. The van der Waals surface area contributed by atoms with Crippen molar-refractivity contribution >= 4 is 15.8 Å². The number of aliphatic imine (C=N–C) groups is 1. The van der Waals surface area contributed by atoms with Crippen LogP contribution >= 0.6 is 0 Å². The molecular weight excluding hydrogens is 412 g/mol. The number of hydrogen-bond acceptors (Lipinski definition) is 5. The molecule has 3 aromatic rings. The normalized spacial score (nSPS) is 12.0. The van der Waals surface area contributed by atoms with Gasteiger partial charge in [0.25, 0.3) is 0 Å². The molecule has 2 aromatic carbocycles. The Labute approximate surface area is 183 Å². The number of rotatable bonds is 8. The van der Waals surface area contributed by atoms with E-state index in [2.05, 4.69) is 20.6 Å². The van der Waals surface area contributed by atoms with Crippen LogP contribution in [0.15, 0.2) is 69.0 Å². The minimum Gasteiger partial charge on any atom is -0.439 e. The Morgan fingerprint density at radius 3 is 2.42 bits per heavy atom. The van der Waals surface area contributed by atoms with Crippen molar-refractivity contribution < 1.29 is 12.8 Å². The largest absolute Gasteiger partial charge is 0.439 e. The van der Waals surface area contributed by atoms with Crippen molar-refractivity contribution in [2.45, 2.75) is 31.7 Å². The molecule has 0 amide bonds. The average molecular weight is 441 g/mol. The van der Waals surface area contributed by atoms with E-state index in [0.717, 1.165) is 29.9 Å². The lowest BCUT2D eigenvalue weighted by Gasteiger charge is -2.11. The number of hydrogen-bond donors (Lipinski definition) is 2. The van der Waals surface area contributed by atoms with Gasteiger partial charge < -0.3 is 15.1 Å². The van der Waals surface area contributed by atoms with Gasteiger partial charge in [-0.25, -0.2) is 18.4 Å². The SMILES string of the molecule is CCNC(=NCc1ncc(-c2ccc(C)cc2)o1)NCCc1ccc(S(C)(=O)=O)cc1. The standard InChI is InChI=1S/C23H28N4O3S/c1-4-24-23(25-14-13-18-7-11-20(12-8-18)31(3,28)29)27-16-22-26-15-21(30-22)19-9-5-17(2)6-10-19/h5-12,15H,4,13-14,16H2,1-3H3,(H2,24,25,27). The summed E-state index contributed by atoms with van der Waals surface area (Å²) in [5.74, 6) is 1.94. The van der Waals surface area contributed by atoms with E-state index in [1.807, 2.05) is 50.2 Å². The molecule has 2 N–H and O–H groups in total. The molecule has 8 heteroatoms. The zero-order valence-electron chi connectivity index (χ0n) is 18.1. The molecule has 0 unspecified atom stereocenters. The summed E-state index contributed by atoms with van der Waals surface area (Å²) in [5.41, 5.74) is 3.23. The van der Waals surface area contributed by atoms with E-state index in [4.69, 9.17) is 4.42 Å². The average Bonchev–Trinajstić information content (AvgIpc) is 3.21. The highest BCUT2D eigenvalue weighted by molar-refractivity contribution is 7.90. The monoisotopic (exact) mass is 440 g/mol. The number of aryl methyl sites for hydroxylation is 1. The van der Waals surface area contributed by atoms with Gasteiger partial charge in [0.05, 0.1) is 11.1 Å². The van der Waals surface area contributed by atoms with Crippen LogP contribution < -0.4 is 10.6 Å². The van der Waals surface area contributed by atoms with Gasteiger partial charge in [-0.2, -0.15) is 0 Å². The van der Waals surface area contributed by atoms with E-state index >= 15 is 0 Å². The first-order valence-electron chi connectivity index (χ1n) is 10.2. The van der Waals surface area contributed by atoms with Gasteiger partial charge in [-0.15, -0.1) is 0 Å². The summed E-state index contributed by atoms with van der Waals surface area (Å²) in [6, 6.07) is 15.0. The molecule has 1 aromatic heterocycles. The maximum atomic E-state index is 11.6. The highest BCUT2D eigenvalue weighted by atomic mass is 32.2. The molecule has 7 nitrogen and oxygen atoms in total. The minimum absolute atomic E-state index is 0.324. The summed E-state index contributed by atoms with van der Waals surface area (Å²) in [7, 11) is -3.17. The van der Waals surface area contributed by atoms with Crippen molar-refractivity contribution in [2.24, 2.45) is 4.99 Å². The summed E-state index contributed by atoms with van der Waals surface area (Å²) in [4.78, 5) is 9.19. The van der Waals surface area contributed by atoms with E-state index in [-0.39, 0.29) is 0 Å². The van der Waals surface area contributed by atoms with Crippen molar-refractivity contribution in [3.8, 4) is 11.3 Å². The van der Waals surface area contributed by atoms with Gasteiger partial charge >= 0.3 is 0 Å². The Morgan fingerprint density at radius 1 is 1.06 bits per heavy atom. The maximum absolute atomic E-state index is 11.6. The highest BCUT2D eigenvalue weighted by Crippen LogP contribution is 2.21. The van der Waals surface area contributed by atoms with Gasteiger partial charge in [-0.05, 0) is 38.0 Å². The summed E-state index contributed by atoms with van der Waals surface area (Å²) in [5, 5.41) is 6.48. The fourth-order valence-corrected chi connectivity index (χ4v) is 3.58. The Hall–Kier alpha value is -3.13. The first kappa shape index (κ1) is 22.6. The molecule has 31 heavy (non-hydrogen) atoms. The third-order valence-electron chi connectivity index (χ3n) is 4.66. The van der Waals surface area contributed by atoms with Crippen LogP contribution in [0.5, 0.6) is 0 Å². The molecule has 0 saturated heterocycles. The van der Waals surface area contributed by atoms with Crippen molar-refractivity contribution in [3.05, 3.63) is 71.7 Å². The quantitative estimate of drug-likeness (QED) is 0.412. The Bertz CT molecular complexity index is 1120. The van der Waals surface area contributed by atoms with Crippen LogP contribution in [-0.4, -0.2) is 38.7 Å². The van der Waals surface area contributed by atoms with Gasteiger partial charge in [0.1, 0.15) is 6.54 Å². The molecule has 0 atom stereocenters. The molecular formula is C23H28N4O3S. The van der Waals surface area contributed by atoms with Crippen LogP contribution in [0.1, 0.15) is 23.9 Å². The van der Waals surface area contributed by atoms with Crippen LogP contribution in [-0.2, 0) is 22.8 Å². The number of benzene rings is 2. The lowest BCUT2D eigenvalue weighted by atomic mass is 10.1. The molecule has 0 aliphatic rings. The second-order valence-electron chi connectivity index (χ2n) is 7.27. The lowest BCUT2D eigenvalue weighted by Crippen LogP contribution is -2.38. The zero-order chi connectivity index (χ0) is 22.3. The van der Waals surface area contributed by atoms with Crippen LogP contribution in [0.2, 0.25) is 0 Å². The fourth-order valence-electron chi connectivity index (χ4n) is 2.95. The third kappa shape index (κ3) is 6.68. The lowest BCUT2D eigenvalue weighted by molar-refractivity contribution is 0.509. The van der Waals surface area contributed by atoms with E-state index in [0.29, 0.717) is 29.8 Å². The number of aromatic nitrogens is 1. The molecule has 0 aliphatic carbocycles. The van der Waals surface area contributed by atoms with Crippen LogP contribution in [0.3, 0.4) is 0 Å². The Kier molecular flexibility index (Phi) is 7.46. The zero-order valence-corrected chi connectivity index (χ0v) is 18.9. The minimum atomic E-state index is -3.17. The predicted octanol–water partition coefficient (Wildman–Crippen LogP) is 3.35. The van der Waals surface area contributed by atoms with E-state index < -0.39 is 9.84 Å². The molecule has 0 radical (unpaired) electrons. The Morgan fingerprint density at radius 2 is 1.77 bits per heavy atom.